The molecule has 0 aliphatic rings. The third kappa shape index (κ3) is 74.2. The molecule has 0 aliphatic carbocycles. The third-order valence-corrected chi connectivity index (χ3v) is 0. The summed E-state index contributed by atoms with van der Waals surface area (Å²) >= 11 is 0. The molecular weight excluding hydrogens is 165 g/mol. The van der Waals surface area contributed by atoms with E-state index in [0.717, 1.165) is 9.52 Å². The van der Waals surface area contributed by atoms with Gasteiger partial charge in [-0.05, 0) is 0 Å². The molecule has 0 aromatic heterocycles. The maximum absolute atomic E-state index is 4.25. The van der Waals surface area contributed by atoms with E-state index in [0.29, 0.717) is 0 Å². The summed E-state index contributed by atoms with van der Waals surface area (Å²) in [7, 11) is 0.750. The van der Waals surface area contributed by atoms with Crippen molar-refractivity contribution in [1.82, 2.24) is 0 Å². The molecule has 0 saturated heterocycles. The molecule has 0 nitrogen and oxygen atoms in total. The second-order valence-electron chi connectivity index (χ2n) is 0.577. The minimum atomic E-state index is 0. The number of hydrogen-bond donors (Lipinski definition) is 0. The zero-order valence-corrected chi connectivity index (χ0v) is 8.43. The summed E-state index contributed by atoms with van der Waals surface area (Å²) in [5.74, 6) is 0. The van der Waals surface area contributed by atoms with E-state index < -0.39 is 0 Å². The van der Waals surface area contributed by atoms with Gasteiger partial charge in [-0.3, -0.25) is 6.58 Å². The van der Waals surface area contributed by atoms with E-state index in [1.54, 1.807) is 0 Å². The van der Waals surface area contributed by atoms with E-state index in [1.807, 2.05) is 0 Å². The van der Waals surface area contributed by atoms with E-state index >= 15 is 0 Å². The van der Waals surface area contributed by atoms with Crippen LogP contribution >= 0.6 is 0 Å². The molecule has 0 saturated carbocycles. The molecule has 6 heavy (non-hydrogen) atoms. The first-order chi connectivity index (χ1) is 2.41. The molecule has 0 spiro atoms. The zero-order chi connectivity index (χ0) is 4.71. The SMILES string of the molecule is C[SiH]C.[CH-]=C.[Y]. The fraction of sp³-hybridized carbons (Fsp3) is 0.500. The molecule has 0 aromatic carbocycles. The molecule has 0 aliphatic heterocycles. The smallest absolute Gasteiger partial charge is 0.0213 e. The Bertz CT molecular complexity index is 11.5. The normalized spacial score (nSPS) is 3.67. The minimum Gasteiger partial charge on any atom is -0.521 e. The first kappa shape index (κ1) is 15.7. The molecule has 2 heteroatoms. The van der Waals surface area contributed by atoms with Gasteiger partial charge in [0.05, 0.1) is 0 Å². The van der Waals surface area contributed by atoms with Crippen molar-refractivity contribution < 1.29 is 32.7 Å². The van der Waals surface area contributed by atoms with Crippen LogP contribution in [0.3, 0.4) is 0 Å². The van der Waals surface area contributed by atoms with Crippen molar-refractivity contribution in [3.63, 3.8) is 0 Å². The number of rotatable bonds is 0. The van der Waals surface area contributed by atoms with Gasteiger partial charge in [0.2, 0.25) is 0 Å². The molecule has 0 atom stereocenters. The van der Waals surface area contributed by atoms with Gasteiger partial charge < -0.3 is 6.58 Å². The molecule has 0 unspecified atom stereocenters. The Labute approximate surface area is 68.1 Å². The molecule has 0 aromatic rings. The van der Waals surface area contributed by atoms with E-state index in [1.165, 1.54) is 0 Å². The van der Waals surface area contributed by atoms with Crippen LogP contribution in [0.25, 0.3) is 0 Å². The van der Waals surface area contributed by atoms with Gasteiger partial charge in [0.15, 0.2) is 0 Å². The van der Waals surface area contributed by atoms with Crippen LogP contribution in [0.2, 0.25) is 13.1 Å². The van der Waals surface area contributed by atoms with E-state index in [4.69, 9.17) is 0 Å². The summed E-state index contributed by atoms with van der Waals surface area (Å²) in [5.41, 5.74) is 0. The minimum absolute atomic E-state index is 0. The Balaban J connectivity index is -0.0000000275. The second-order valence-corrected chi connectivity index (χ2v) is 1.73. The molecule has 0 rings (SSSR count). The summed E-state index contributed by atoms with van der Waals surface area (Å²) < 4.78 is 0. The first-order valence-corrected chi connectivity index (χ1v) is 3.87. The van der Waals surface area contributed by atoms with Crippen molar-refractivity contribution in [3.05, 3.63) is 13.2 Å². The van der Waals surface area contributed by atoms with Crippen molar-refractivity contribution in [3.8, 4) is 0 Å². The van der Waals surface area contributed by atoms with Crippen LogP contribution < -0.4 is 0 Å². The first-order valence-electron chi connectivity index (χ1n) is 1.56. The molecule has 0 amide bonds. The molecule has 2 radical (unpaired) electrons. The summed E-state index contributed by atoms with van der Waals surface area (Å²) in [5, 5.41) is 0. The Hall–Kier alpha value is 1.06. The third-order valence-electron chi connectivity index (χ3n) is 0. The van der Waals surface area contributed by atoms with Gasteiger partial charge in [-0.1, -0.05) is 13.1 Å². The second kappa shape index (κ2) is 36.6. The predicted molar refractivity (Wildman–Crippen MR) is 28.8 cm³/mol. The Morgan fingerprint density at radius 2 is 1.33 bits per heavy atom. The van der Waals surface area contributed by atoms with Crippen LogP contribution in [0.5, 0.6) is 0 Å². The maximum atomic E-state index is 4.25. The van der Waals surface area contributed by atoms with Crippen molar-refractivity contribution in [2.45, 2.75) is 13.1 Å². The van der Waals surface area contributed by atoms with Gasteiger partial charge >= 0.3 is 0 Å². The number of hydrogen-bond acceptors (Lipinski definition) is 0. The Morgan fingerprint density at radius 1 is 1.33 bits per heavy atom. The van der Waals surface area contributed by atoms with Crippen molar-refractivity contribution >= 4 is 9.52 Å². The van der Waals surface area contributed by atoms with Crippen LogP contribution in [-0.4, -0.2) is 9.52 Å². The molecule has 34 valence electrons. The van der Waals surface area contributed by atoms with Crippen LogP contribution in [0, 0.1) is 6.58 Å². The summed E-state index contributed by atoms with van der Waals surface area (Å²) in [6, 6.07) is 0. The molecule has 0 bridgehead atoms. The Morgan fingerprint density at radius 3 is 1.33 bits per heavy atom. The van der Waals surface area contributed by atoms with Crippen LogP contribution in [0.15, 0.2) is 6.58 Å². The van der Waals surface area contributed by atoms with Gasteiger partial charge in [-0.15, -0.1) is 0 Å². The summed E-state index contributed by atoms with van der Waals surface area (Å²) in [6.45, 7) is 11.4. The molecule has 0 heterocycles. The monoisotopic (exact) mass is 175 g/mol. The van der Waals surface area contributed by atoms with Crippen LogP contribution in [0.4, 0.5) is 0 Å². The van der Waals surface area contributed by atoms with Crippen LogP contribution in [-0.2, 0) is 32.7 Å². The van der Waals surface area contributed by atoms with Gasteiger partial charge in [-0.25, -0.2) is 0 Å². The summed E-state index contributed by atoms with van der Waals surface area (Å²) in [4.78, 5) is 0. The topological polar surface area (TPSA) is 0 Å². The quantitative estimate of drug-likeness (QED) is 0.382. The molecule has 0 fully saturated rings. The van der Waals surface area contributed by atoms with Gasteiger partial charge in [0.1, 0.15) is 0 Å². The molecular formula is C4H10SiY-. The largest absolute Gasteiger partial charge is 0.521 e. The van der Waals surface area contributed by atoms with E-state index in [2.05, 4.69) is 26.3 Å². The summed E-state index contributed by atoms with van der Waals surface area (Å²) in [6.07, 6.45) is 0. The van der Waals surface area contributed by atoms with Gasteiger partial charge in [-0.2, -0.15) is 0 Å². The van der Waals surface area contributed by atoms with E-state index in [-0.39, 0.29) is 32.7 Å². The predicted octanol–water partition coefficient (Wildman–Crippen LogP) is 1.12. The van der Waals surface area contributed by atoms with Crippen molar-refractivity contribution in [1.29, 1.82) is 0 Å². The van der Waals surface area contributed by atoms with Crippen molar-refractivity contribution in [2.24, 2.45) is 0 Å². The van der Waals surface area contributed by atoms with Gasteiger partial charge in [0, 0.05) is 42.2 Å². The zero-order valence-electron chi connectivity index (χ0n) is 4.44. The average molecular weight is 175 g/mol. The average Bonchev–Trinajstić information content (AvgIpc) is 1.46. The fourth-order valence-electron chi connectivity index (χ4n) is 0. The standard InChI is InChI=1S/C2H7Si.C2H3.Y/c1-3-2;1-2;/h3H,1-2H3;1H,2H2;/q;-1;. The van der Waals surface area contributed by atoms with E-state index in [9.17, 15) is 0 Å². The Kier molecular flexibility index (Phi) is 95.8. The van der Waals surface area contributed by atoms with Crippen LogP contribution in [0.1, 0.15) is 0 Å². The fourth-order valence-corrected chi connectivity index (χ4v) is 0. The maximum Gasteiger partial charge on any atom is 0.0213 e. The molecule has 0 N–H and O–H groups in total. The van der Waals surface area contributed by atoms with Gasteiger partial charge in [0.25, 0.3) is 0 Å². The van der Waals surface area contributed by atoms with Crippen molar-refractivity contribution in [2.75, 3.05) is 0 Å².